The maximum absolute atomic E-state index is 13.8. The number of nitrogens with two attached hydrogens (primary N) is 1. The van der Waals surface area contributed by atoms with E-state index in [0.717, 1.165) is 0 Å². The first-order chi connectivity index (χ1) is 17.6. The van der Waals surface area contributed by atoms with Crippen LogP contribution in [-0.2, 0) is 25.6 Å². The van der Waals surface area contributed by atoms with Crippen molar-refractivity contribution in [2.75, 3.05) is 33.5 Å². The zero-order valence-electron chi connectivity index (χ0n) is 22.6. The van der Waals surface area contributed by atoms with Crippen molar-refractivity contribution in [1.29, 1.82) is 0 Å². The number of nitrogens with zero attached hydrogens (tertiary/aromatic N) is 2. The number of halogens is 2. The van der Waals surface area contributed by atoms with Crippen LogP contribution >= 0.6 is 24.8 Å². The summed E-state index contributed by atoms with van der Waals surface area (Å²) in [6, 6.07) is 1.44. The summed E-state index contributed by atoms with van der Waals surface area (Å²) in [5.41, 5.74) is 1.93. The molecule has 12 nitrogen and oxygen atoms in total. The Balaban J connectivity index is 0.00000280. The fourth-order valence-electron chi connectivity index (χ4n) is 5.79. The van der Waals surface area contributed by atoms with Gasteiger partial charge in [-0.05, 0) is 65.5 Å². The number of aliphatic hydroxyl groups excluding tert-OH is 2. The van der Waals surface area contributed by atoms with Crippen molar-refractivity contribution in [2.45, 2.75) is 37.5 Å². The van der Waals surface area contributed by atoms with Gasteiger partial charge in [-0.15, -0.1) is 24.8 Å². The number of fused-ring (bicyclic) bond motifs is 3. The third-order valence-electron chi connectivity index (χ3n) is 8.01. The highest BCUT2D eigenvalue weighted by Gasteiger charge is 2.64. The van der Waals surface area contributed by atoms with E-state index in [1.807, 2.05) is 0 Å². The predicted octanol–water partition coefficient (Wildman–Crippen LogP) is 0.696. The maximum Gasteiger partial charge on any atom is 0.255 e. The summed E-state index contributed by atoms with van der Waals surface area (Å²) >= 11 is 0. The first-order valence-electron chi connectivity index (χ1n) is 12.1. The van der Waals surface area contributed by atoms with Gasteiger partial charge in [0.05, 0.1) is 23.3 Å². The number of nitrogens with one attached hydrogen (secondary N) is 1. The Morgan fingerprint density at radius 1 is 1.10 bits per heavy atom. The summed E-state index contributed by atoms with van der Waals surface area (Å²) in [5, 5.41) is 47.4. The van der Waals surface area contributed by atoms with Crippen LogP contribution < -0.4 is 11.1 Å². The lowest BCUT2D eigenvalue weighted by molar-refractivity contribution is -0.153. The van der Waals surface area contributed by atoms with Gasteiger partial charge in [-0.1, -0.05) is 6.07 Å². The van der Waals surface area contributed by atoms with Crippen LogP contribution in [0.2, 0.25) is 0 Å². The normalized spacial score (nSPS) is 26.4. The number of ketones is 2. The van der Waals surface area contributed by atoms with Crippen molar-refractivity contribution in [3.05, 3.63) is 40.2 Å². The molecule has 0 aliphatic heterocycles. The van der Waals surface area contributed by atoms with Crippen LogP contribution in [-0.4, -0.2) is 99.5 Å². The number of Topliss-reactive ketones (excluding diaryl/α,β-unsaturated/α-hetero) is 2. The average Bonchev–Trinajstić information content (AvgIpc) is 2.82. The number of carbonyl (C=O) groups excluding carboxylic acids is 4. The lowest BCUT2D eigenvalue weighted by Crippen LogP contribution is -2.65. The molecule has 1 saturated carbocycles. The minimum atomic E-state index is -2.70. The molecule has 2 amide bonds. The van der Waals surface area contributed by atoms with Crippen molar-refractivity contribution in [3.8, 4) is 5.75 Å². The summed E-state index contributed by atoms with van der Waals surface area (Å²) < 4.78 is 0. The maximum atomic E-state index is 13.8. The van der Waals surface area contributed by atoms with Crippen molar-refractivity contribution in [3.63, 3.8) is 0 Å². The topological polar surface area (TPSA) is 194 Å². The Bertz CT molecular complexity index is 1340. The Labute approximate surface area is 243 Å². The Hall–Kier alpha value is -3.16. The van der Waals surface area contributed by atoms with Crippen molar-refractivity contribution in [2.24, 2.45) is 17.6 Å². The second kappa shape index (κ2) is 11.4. The number of benzene rings is 1. The molecule has 0 bridgehead atoms. The van der Waals surface area contributed by atoms with Crippen molar-refractivity contribution < 1.29 is 39.6 Å². The molecule has 7 N–H and O–H groups in total. The molecule has 40 heavy (non-hydrogen) atoms. The summed E-state index contributed by atoms with van der Waals surface area (Å²) in [4.78, 5) is 54.6. The number of hydrogen-bond donors (Lipinski definition) is 6. The highest BCUT2D eigenvalue weighted by atomic mass is 35.5. The molecule has 1 fully saturated rings. The van der Waals surface area contributed by atoms with Gasteiger partial charge in [0.1, 0.15) is 22.8 Å². The highest BCUT2D eigenvalue weighted by Crippen LogP contribution is 2.53. The number of anilines is 1. The van der Waals surface area contributed by atoms with E-state index >= 15 is 0 Å². The highest BCUT2D eigenvalue weighted by molar-refractivity contribution is 6.24. The molecule has 4 rings (SSSR count). The van der Waals surface area contributed by atoms with E-state index in [0.29, 0.717) is 5.56 Å². The van der Waals surface area contributed by atoms with Gasteiger partial charge in [0.2, 0.25) is 11.7 Å². The van der Waals surface area contributed by atoms with Gasteiger partial charge < -0.3 is 31.5 Å². The van der Waals surface area contributed by atoms with E-state index < -0.39 is 75.7 Å². The quantitative estimate of drug-likeness (QED) is 0.207. The molecule has 1 aromatic rings. The molecule has 3 aliphatic carbocycles. The van der Waals surface area contributed by atoms with Gasteiger partial charge in [-0.3, -0.25) is 29.0 Å². The molecule has 220 valence electrons. The van der Waals surface area contributed by atoms with Gasteiger partial charge in [-0.25, -0.2) is 0 Å². The molecule has 0 aromatic heterocycles. The number of primary amides is 1. The number of aromatic hydroxyl groups is 1. The monoisotopic (exact) mass is 600 g/mol. The van der Waals surface area contributed by atoms with Gasteiger partial charge in [0.25, 0.3) is 5.91 Å². The third kappa shape index (κ3) is 4.73. The smallest absolute Gasteiger partial charge is 0.255 e. The number of aliphatic hydroxyl groups is 3. The number of hydrogen-bond acceptors (Lipinski definition) is 10. The molecule has 0 spiro atoms. The third-order valence-corrected chi connectivity index (χ3v) is 8.01. The number of phenols is 1. The second-order valence-corrected chi connectivity index (χ2v) is 10.6. The van der Waals surface area contributed by atoms with Crippen LogP contribution in [0.5, 0.6) is 5.75 Å². The Kier molecular flexibility index (Phi) is 9.40. The van der Waals surface area contributed by atoms with E-state index in [4.69, 9.17) is 5.73 Å². The molecule has 3 aliphatic rings. The van der Waals surface area contributed by atoms with Crippen LogP contribution in [0.3, 0.4) is 0 Å². The molecule has 0 heterocycles. The fraction of sp³-hybridized carbons (Fsp3) is 0.462. The number of rotatable bonds is 5. The molecular formula is C26H34Cl2N4O8. The van der Waals surface area contributed by atoms with Crippen LogP contribution in [0.4, 0.5) is 5.69 Å². The molecule has 0 saturated heterocycles. The standard InChI is InChI=1S/C26H32N4O8.2ClH/c1-10(29(2)3)25(37)28-14-7-6-11-8-12-9-13-18(30(4)5)21(33)17(24(27)36)23(35)26(13,38)22(34)16(12)20(32)15(11)19(14)31;;/h6-7,10,12-13,18,31-32,35,38H,8-9H2,1-5H3,(H2,27,36)(H,28,37);2*1H/t10?,12?,13?,18-,26?;;/m0../s1. The molecule has 1 aromatic carbocycles. The summed E-state index contributed by atoms with van der Waals surface area (Å²) in [5.74, 6) is -7.62. The second-order valence-electron chi connectivity index (χ2n) is 10.6. The van der Waals surface area contributed by atoms with Gasteiger partial charge in [-0.2, -0.15) is 0 Å². The number of likely N-dealkylation sites (N-methyl/N-ethyl adjacent to an activating group) is 2. The average molecular weight is 601 g/mol. The van der Waals surface area contributed by atoms with E-state index in [2.05, 4.69) is 5.32 Å². The summed E-state index contributed by atoms with van der Waals surface area (Å²) in [6.07, 6.45) is 0.176. The summed E-state index contributed by atoms with van der Waals surface area (Å²) in [7, 11) is 6.51. The fourth-order valence-corrected chi connectivity index (χ4v) is 5.79. The van der Waals surface area contributed by atoms with E-state index in [-0.39, 0.29) is 54.5 Å². The van der Waals surface area contributed by atoms with Gasteiger partial charge in [0.15, 0.2) is 11.4 Å². The minimum Gasteiger partial charge on any atom is -0.508 e. The van der Waals surface area contributed by atoms with E-state index in [9.17, 15) is 39.6 Å². The lowest BCUT2D eigenvalue weighted by atomic mass is 9.57. The molecular weight excluding hydrogens is 567 g/mol. The first-order valence-corrected chi connectivity index (χ1v) is 12.1. The van der Waals surface area contributed by atoms with E-state index in [1.54, 1.807) is 46.1 Å². The first kappa shape index (κ1) is 33.0. The van der Waals surface area contributed by atoms with Crippen LogP contribution in [0.1, 0.15) is 24.5 Å². The molecule has 4 unspecified atom stereocenters. The van der Waals surface area contributed by atoms with Crippen LogP contribution in [0.25, 0.3) is 5.76 Å². The van der Waals surface area contributed by atoms with Crippen LogP contribution in [0.15, 0.2) is 29.0 Å². The number of carbonyl (C=O) groups is 4. The van der Waals surface area contributed by atoms with Crippen molar-refractivity contribution in [1.82, 2.24) is 9.80 Å². The number of amides is 2. The molecule has 14 heteroatoms. The zero-order valence-corrected chi connectivity index (χ0v) is 24.2. The van der Waals surface area contributed by atoms with E-state index in [1.165, 1.54) is 11.0 Å². The van der Waals surface area contributed by atoms with Crippen molar-refractivity contribution >= 4 is 59.6 Å². The summed E-state index contributed by atoms with van der Waals surface area (Å²) in [6.45, 7) is 1.67. The van der Waals surface area contributed by atoms with Gasteiger partial charge in [0, 0.05) is 11.5 Å². The minimum absolute atomic E-state index is 0. The molecule has 5 atom stereocenters. The zero-order chi connectivity index (χ0) is 28.4. The number of phenolic OH excluding ortho intramolecular Hbond substituents is 1. The largest absolute Gasteiger partial charge is 0.508 e. The van der Waals surface area contributed by atoms with Gasteiger partial charge >= 0.3 is 0 Å². The predicted molar refractivity (Wildman–Crippen MR) is 151 cm³/mol. The Morgan fingerprint density at radius 3 is 2.23 bits per heavy atom. The Morgan fingerprint density at radius 2 is 1.70 bits per heavy atom. The van der Waals surface area contributed by atoms with Crippen LogP contribution in [0, 0.1) is 11.8 Å². The lowest BCUT2D eigenvalue weighted by Gasteiger charge is -2.50. The molecule has 0 radical (unpaired) electrons. The SMILES string of the molecule is CC(C(=O)Nc1ccc2c(c1O)C(O)=C1C(=O)C3(O)C(O)=C(C(N)=O)C(=O)[C@@H](N(C)C)C3CC1C2)N(C)C.Cl.Cl.